The third-order valence-corrected chi connectivity index (χ3v) is 5.68. The lowest BCUT2D eigenvalue weighted by Crippen LogP contribution is -2.59. The van der Waals surface area contributed by atoms with Gasteiger partial charge >= 0.3 is 0 Å². The SMILES string of the molecule is CC(=O)NCCN1CC(C)(C)OCC1C(=O)Nc1cc(Cl)cc2c1[nH]c1cnccc12. The molecule has 3 heterocycles. The monoisotopic (exact) mass is 443 g/mol. The van der Waals surface area contributed by atoms with Crippen molar-refractivity contribution in [2.75, 3.05) is 31.6 Å². The number of nitrogens with zero attached hydrogens (tertiary/aromatic N) is 2. The van der Waals surface area contributed by atoms with Gasteiger partial charge in [-0.3, -0.25) is 19.5 Å². The number of fused-ring (bicyclic) bond motifs is 3. The third kappa shape index (κ3) is 4.66. The largest absolute Gasteiger partial charge is 0.372 e. The van der Waals surface area contributed by atoms with Gasteiger partial charge in [0.05, 0.1) is 35.1 Å². The van der Waals surface area contributed by atoms with E-state index < -0.39 is 6.04 Å². The normalized spacial score (nSPS) is 18.9. The number of H-pyrrole nitrogens is 1. The number of morpholine rings is 1. The zero-order valence-electron chi connectivity index (χ0n) is 17.8. The number of hydrogen-bond acceptors (Lipinski definition) is 5. The van der Waals surface area contributed by atoms with Crippen molar-refractivity contribution in [2.24, 2.45) is 0 Å². The van der Waals surface area contributed by atoms with Crippen molar-refractivity contribution in [3.63, 3.8) is 0 Å². The summed E-state index contributed by atoms with van der Waals surface area (Å²) in [4.78, 5) is 34.0. The van der Waals surface area contributed by atoms with E-state index in [4.69, 9.17) is 16.3 Å². The van der Waals surface area contributed by atoms with Gasteiger partial charge in [-0.25, -0.2) is 0 Å². The molecule has 1 aliphatic heterocycles. The van der Waals surface area contributed by atoms with E-state index in [1.165, 1.54) is 6.92 Å². The van der Waals surface area contributed by atoms with Gasteiger partial charge in [0.15, 0.2) is 0 Å². The first-order chi connectivity index (χ1) is 14.7. The van der Waals surface area contributed by atoms with Gasteiger partial charge in [0, 0.05) is 48.5 Å². The molecule has 164 valence electrons. The first-order valence-electron chi connectivity index (χ1n) is 10.2. The van der Waals surface area contributed by atoms with Crippen molar-refractivity contribution in [3.05, 3.63) is 35.6 Å². The molecule has 2 amide bonds. The van der Waals surface area contributed by atoms with Crippen LogP contribution in [-0.2, 0) is 14.3 Å². The predicted octanol–water partition coefficient (Wildman–Crippen LogP) is 2.92. The summed E-state index contributed by atoms with van der Waals surface area (Å²) in [5, 5.41) is 8.26. The van der Waals surface area contributed by atoms with Crippen LogP contribution in [-0.4, -0.2) is 64.6 Å². The summed E-state index contributed by atoms with van der Waals surface area (Å²) in [5.74, 6) is -0.276. The molecule has 1 aromatic carbocycles. The van der Waals surface area contributed by atoms with E-state index in [2.05, 4.69) is 20.6 Å². The second kappa shape index (κ2) is 8.45. The number of carbonyl (C=O) groups excluding carboxylic acids is 2. The summed E-state index contributed by atoms with van der Waals surface area (Å²) in [7, 11) is 0. The van der Waals surface area contributed by atoms with E-state index in [-0.39, 0.29) is 24.0 Å². The molecule has 0 saturated carbocycles. The van der Waals surface area contributed by atoms with E-state index in [1.807, 2.05) is 30.9 Å². The Labute approximate surface area is 185 Å². The molecule has 3 aromatic rings. The number of ether oxygens (including phenoxy) is 1. The lowest BCUT2D eigenvalue weighted by molar-refractivity contribution is -0.143. The van der Waals surface area contributed by atoms with Crippen LogP contribution in [0.1, 0.15) is 20.8 Å². The Bertz CT molecular complexity index is 1140. The first-order valence-corrected chi connectivity index (χ1v) is 10.6. The van der Waals surface area contributed by atoms with Crippen LogP contribution < -0.4 is 10.6 Å². The van der Waals surface area contributed by atoms with Gasteiger partial charge < -0.3 is 20.4 Å². The Kier molecular flexibility index (Phi) is 5.88. The number of aromatic amines is 1. The van der Waals surface area contributed by atoms with Crippen LogP contribution in [0.15, 0.2) is 30.6 Å². The van der Waals surface area contributed by atoms with Crippen molar-refractivity contribution in [3.8, 4) is 0 Å². The average Bonchev–Trinajstić information content (AvgIpc) is 3.06. The van der Waals surface area contributed by atoms with E-state index in [9.17, 15) is 9.59 Å². The van der Waals surface area contributed by atoms with Crippen LogP contribution in [0.4, 0.5) is 5.69 Å². The number of hydrogen-bond donors (Lipinski definition) is 3. The number of benzene rings is 1. The van der Waals surface area contributed by atoms with Crippen LogP contribution in [0.5, 0.6) is 0 Å². The molecule has 0 bridgehead atoms. The average molecular weight is 444 g/mol. The van der Waals surface area contributed by atoms with Crippen molar-refractivity contribution in [2.45, 2.75) is 32.4 Å². The molecule has 1 saturated heterocycles. The minimum absolute atomic E-state index is 0.0943. The fourth-order valence-corrected chi connectivity index (χ4v) is 4.26. The maximum absolute atomic E-state index is 13.3. The Hall–Kier alpha value is -2.68. The minimum Gasteiger partial charge on any atom is -0.372 e. The number of nitrogens with one attached hydrogen (secondary N) is 3. The molecule has 3 N–H and O–H groups in total. The van der Waals surface area contributed by atoms with Gasteiger partial charge in [0.2, 0.25) is 11.8 Å². The smallest absolute Gasteiger partial charge is 0.244 e. The summed E-state index contributed by atoms with van der Waals surface area (Å²) in [6.45, 7) is 7.32. The number of pyridine rings is 1. The van der Waals surface area contributed by atoms with Gasteiger partial charge in [-0.05, 0) is 32.0 Å². The Morgan fingerprint density at radius 3 is 2.94 bits per heavy atom. The summed E-state index contributed by atoms with van der Waals surface area (Å²) >= 11 is 6.36. The predicted molar refractivity (Wildman–Crippen MR) is 121 cm³/mol. The molecule has 1 atom stereocenters. The Morgan fingerprint density at radius 2 is 2.16 bits per heavy atom. The van der Waals surface area contributed by atoms with Crippen LogP contribution in [0.3, 0.4) is 0 Å². The number of amides is 2. The second-order valence-electron chi connectivity index (χ2n) is 8.45. The number of anilines is 1. The van der Waals surface area contributed by atoms with E-state index in [0.717, 1.165) is 21.8 Å². The molecule has 4 rings (SSSR count). The van der Waals surface area contributed by atoms with Crippen LogP contribution in [0.2, 0.25) is 5.02 Å². The van der Waals surface area contributed by atoms with Gasteiger partial charge in [-0.15, -0.1) is 0 Å². The number of halogens is 1. The van der Waals surface area contributed by atoms with Gasteiger partial charge in [0.1, 0.15) is 6.04 Å². The van der Waals surface area contributed by atoms with E-state index in [0.29, 0.717) is 30.3 Å². The molecule has 0 radical (unpaired) electrons. The van der Waals surface area contributed by atoms with Crippen molar-refractivity contribution < 1.29 is 14.3 Å². The van der Waals surface area contributed by atoms with Gasteiger partial charge in [-0.2, -0.15) is 0 Å². The minimum atomic E-state index is -0.484. The zero-order valence-corrected chi connectivity index (χ0v) is 18.5. The number of rotatable bonds is 5. The lowest BCUT2D eigenvalue weighted by atomic mass is 10.0. The molecular formula is C22H26ClN5O3. The first kappa shape index (κ1) is 21.5. The summed E-state index contributed by atoms with van der Waals surface area (Å²) in [5.41, 5.74) is 1.90. The van der Waals surface area contributed by atoms with Gasteiger partial charge in [-0.1, -0.05) is 11.6 Å². The molecular weight excluding hydrogens is 418 g/mol. The van der Waals surface area contributed by atoms with Crippen molar-refractivity contribution in [1.29, 1.82) is 0 Å². The van der Waals surface area contributed by atoms with Gasteiger partial charge in [0.25, 0.3) is 0 Å². The quantitative estimate of drug-likeness (QED) is 0.563. The fourth-order valence-electron chi connectivity index (χ4n) is 4.04. The maximum Gasteiger partial charge on any atom is 0.244 e. The van der Waals surface area contributed by atoms with Crippen molar-refractivity contribution >= 4 is 50.9 Å². The van der Waals surface area contributed by atoms with E-state index in [1.54, 1.807) is 18.5 Å². The number of aromatic nitrogens is 2. The highest BCUT2D eigenvalue weighted by Crippen LogP contribution is 2.33. The maximum atomic E-state index is 13.3. The lowest BCUT2D eigenvalue weighted by Gasteiger charge is -2.42. The molecule has 1 fully saturated rings. The highest BCUT2D eigenvalue weighted by molar-refractivity contribution is 6.33. The van der Waals surface area contributed by atoms with E-state index >= 15 is 0 Å². The van der Waals surface area contributed by atoms with Crippen molar-refractivity contribution in [1.82, 2.24) is 20.2 Å². The van der Waals surface area contributed by atoms with Crippen LogP contribution in [0.25, 0.3) is 21.8 Å². The molecule has 0 spiro atoms. The highest BCUT2D eigenvalue weighted by atomic mass is 35.5. The molecule has 31 heavy (non-hydrogen) atoms. The standard InChI is InChI=1S/C22H26ClN5O3/c1-13(29)25-6-7-28-12-22(2,3)31-11-19(28)21(30)27-17-9-14(23)8-16-15-4-5-24-10-18(15)26-20(16)17/h4-5,8-10,19,26H,6-7,11-12H2,1-3H3,(H,25,29)(H,27,30). The summed E-state index contributed by atoms with van der Waals surface area (Å²) in [6.07, 6.45) is 3.47. The topological polar surface area (TPSA) is 99.4 Å². The number of carbonyl (C=O) groups is 2. The molecule has 9 heteroatoms. The van der Waals surface area contributed by atoms with Crippen LogP contribution >= 0.6 is 11.6 Å². The molecule has 1 aliphatic rings. The summed E-state index contributed by atoms with van der Waals surface area (Å²) < 4.78 is 5.92. The second-order valence-corrected chi connectivity index (χ2v) is 8.89. The zero-order chi connectivity index (χ0) is 22.2. The third-order valence-electron chi connectivity index (χ3n) is 5.46. The molecule has 1 unspecified atom stereocenters. The van der Waals surface area contributed by atoms with Crippen LogP contribution in [0, 0.1) is 0 Å². The molecule has 8 nitrogen and oxygen atoms in total. The molecule has 2 aromatic heterocycles. The Morgan fingerprint density at radius 1 is 1.35 bits per heavy atom. The Balaban J connectivity index is 1.60. The fraction of sp³-hybridized carbons (Fsp3) is 0.409. The summed E-state index contributed by atoms with van der Waals surface area (Å²) in [6, 6.07) is 5.04. The highest BCUT2D eigenvalue weighted by Gasteiger charge is 2.37. The molecule has 0 aliphatic carbocycles.